The van der Waals surface area contributed by atoms with Gasteiger partial charge in [0, 0.05) is 11.0 Å². The maximum absolute atomic E-state index is 9.07. The molecule has 2 aromatic rings. The number of rotatable bonds is 3. The average molecular weight is 333 g/mol. The molecule has 0 atom stereocenters. The molecule has 0 bridgehead atoms. The summed E-state index contributed by atoms with van der Waals surface area (Å²) in [6.45, 7) is 0.568. The number of nitriles is 2. The van der Waals surface area contributed by atoms with Crippen molar-refractivity contribution in [3.63, 3.8) is 0 Å². The van der Waals surface area contributed by atoms with Gasteiger partial charge >= 0.3 is 0 Å². The largest absolute Gasteiger partial charge is 0.396 e. The lowest BCUT2D eigenvalue weighted by Gasteiger charge is -2.05. The third kappa shape index (κ3) is 2.87. The summed E-state index contributed by atoms with van der Waals surface area (Å²) >= 11 is 4.61. The van der Waals surface area contributed by atoms with Crippen LogP contribution in [0.4, 0.5) is 10.7 Å². The number of hydrogen-bond acceptors (Lipinski definition) is 5. The fourth-order valence-electron chi connectivity index (χ4n) is 1.59. The normalized spacial score (nSPS) is 9.63. The minimum atomic E-state index is 0.256. The summed E-state index contributed by atoms with van der Waals surface area (Å²) < 4.78 is 0.996. The quantitative estimate of drug-likeness (QED) is 0.901. The number of thiophene rings is 1. The second-order valence-corrected chi connectivity index (χ2v) is 5.69. The molecule has 94 valence electrons. The molecule has 0 saturated carbocycles. The highest BCUT2D eigenvalue weighted by atomic mass is 79.9. The van der Waals surface area contributed by atoms with Gasteiger partial charge in [-0.1, -0.05) is 28.1 Å². The second-order valence-electron chi connectivity index (χ2n) is 3.76. The van der Waals surface area contributed by atoms with Crippen LogP contribution in [0.2, 0.25) is 0 Å². The predicted molar refractivity (Wildman–Crippen MR) is 79.6 cm³/mol. The second kappa shape index (κ2) is 5.75. The van der Waals surface area contributed by atoms with Gasteiger partial charge in [0.25, 0.3) is 0 Å². The zero-order valence-corrected chi connectivity index (χ0v) is 12.2. The van der Waals surface area contributed by atoms with Crippen LogP contribution in [0, 0.1) is 22.7 Å². The summed E-state index contributed by atoms with van der Waals surface area (Å²) in [5.74, 6) is 0. The van der Waals surface area contributed by atoms with E-state index < -0.39 is 0 Å². The zero-order chi connectivity index (χ0) is 13.8. The van der Waals surface area contributed by atoms with Gasteiger partial charge in [-0.05, 0) is 17.7 Å². The van der Waals surface area contributed by atoms with E-state index in [1.54, 1.807) is 0 Å². The summed E-state index contributed by atoms with van der Waals surface area (Å²) in [5.41, 5.74) is 7.41. The molecule has 0 fully saturated rings. The van der Waals surface area contributed by atoms with E-state index in [9.17, 15) is 0 Å². The van der Waals surface area contributed by atoms with Gasteiger partial charge in [0.15, 0.2) is 0 Å². The average Bonchev–Trinajstić information content (AvgIpc) is 2.72. The van der Waals surface area contributed by atoms with E-state index in [0.717, 1.165) is 10.0 Å². The van der Waals surface area contributed by atoms with Gasteiger partial charge in [0.2, 0.25) is 0 Å². The van der Waals surface area contributed by atoms with Crippen molar-refractivity contribution in [3.05, 3.63) is 44.7 Å². The first-order chi connectivity index (χ1) is 9.15. The molecule has 3 N–H and O–H groups in total. The molecule has 0 amide bonds. The first-order valence-corrected chi connectivity index (χ1v) is 6.97. The highest BCUT2D eigenvalue weighted by molar-refractivity contribution is 9.10. The molecule has 1 aromatic heterocycles. The van der Waals surface area contributed by atoms with Crippen LogP contribution in [0.1, 0.15) is 16.0 Å². The van der Waals surface area contributed by atoms with Gasteiger partial charge in [0.05, 0.1) is 5.69 Å². The Morgan fingerprint density at radius 2 is 2.11 bits per heavy atom. The monoisotopic (exact) mass is 332 g/mol. The van der Waals surface area contributed by atoms with Crippen molar-refractivity contribution >= 4 is 38.0 Å². The van der Waals surface area contributed by atoms with Gasteiger partial charge in [-0.3, -0.25) is 0 Å². The molecule has 2 rings (SSSR count). The highest BCUT2D eigenvalue weighted by Crippen LogP contribution is 2.34. The summed E-state index contributed by atoms with van der Waals surface area (Å²) in [4.78, 5) is 0.369. The number of benzene rings is 1. The number of nitrogens with two attached hydrogens (primary N) is 1. The lowest BCUT2D eigenvalue weighted by atomic mass is 10.2. The number of nitrogens with zero attached hydrogens (tertiary/aromatic N) is 2. The van der Waals surface area contributed by atoms with Gasteiger partial charge in [-0.15, -0.1) is 11.3 Å². The van der Waals surface area contributed by atoms with Crippen molar-refractivity contribution in [2.75, 3.05) is 11.1 Å². The van der Waals surface area contributed by atoms with E-state index in [1.807, 2.05) is 36.4 Å². The molecule has 0 radical (unpaired) electrons. The predicted octanol–water partition coefficient (Wildman–Crippen LogP) is 3.45. The Hall–Kier alpha value is -2.02. The van der Waals surface area contributed by atoms with E-state index >= 15 is 0 Å². The van der Waals surface area contributed by atoms with Crippen LogP contribution in [-0.4, -0.2) is 0 Å². The van der Waals surface area contributed by atoms with E-state index in [1.165, 1.54) is 11.3 Å². The SMILES string of the molecule is N#Cc1sc(NCc2cccc(Br)c2)c(C#N)c1N. The molecular formula is C13H9BrN4S. The first-order valence-electron chi connectivity index (χ1n) is 5.36. The van der Waals surface area contributed by atoms with E-state index in [2.05, 4.69) is 21.2 Å². The van der Waals surface area contributed by atoms with Crippen molar-refractivity contribution in [3.8, 4) is 12.1 Å². The Bertz CT molecular complexity index is 694. The maximum atomic E-state index is 9.07. The standard InChI is InChI=1S/C13H9BrN4S/c14-9-3-1-2-8(4-9)7-18-13-10(5-15)12(17)11(6-16)19-13/h1-4,18H,7,17H2. The van der Waals surface area contributed by atoms with Gasteiger partial charge in [-0.25, -0.2) is 0 Å². The van der Waals surface area contributed by atoms with Crippen molar-refractivity contribution in [1.29, 1.82) is 10.5 Å². The van der Waals surface area contributed by atoms with Gasteiger partial charge in [-0.2, -0.15) is 10.5 Å². The Labute approximate surface area is 123 Å². The number of anilines is 2. The van der Waals surface area contributed by atoms with Crippen LogP contribution in [0.15, 0.2) is 28.7 Å². The molecule has 0 unspecified atom stereocenters. The third-order valence-corrected chi connectivity index (χ3v) is 4.06. The van der Waals surface area contributed by atoms with Crippen LogP contribution >= 0.6 is 27.3 Å². The molecule has 6 heteroatoms. The topological polar surface area (TPSA) is 85.6 Å². The molecule has 4 nitrogen and oxygen atoms in total. The number of halogens is 1. The Balaban J connectivity index is 2.21. The molecule has 0 aliphatic carbocycles. The Morgan fingerprint density at radius 1 is 1.32 bits per heavy atom. The molecular weight excluding hydrogens is 324 g/mol. The molecule has 0 spiro atoms. The molecule has 0 aliphatic heterocycles. The van der Waals surface area contributed by atoms with E-state index in [-0.39, 0.29) is 5.69 Å². The summed E-state index contributed by atoms with van der Waals surface area (Å²) in [5, 5.41) is 21.8. The van der Waals surface area contributed by atoms with Crippen LogP contribution in [0.3, 0.4) is 0 Å². The van der Waals surface area contributed by atoms with Crippen LogP contribution in [0.5, 0.6) is 0 Å². The molecule has 1 heterocycles. The van der Waals surface area contributed by atoms with E-state index in [4.69, 9.17) is 16.3 Å². The smallest absolute Gasteiger partial charge is 0.131 e. The molecule has 19 heavy (non-hydrogen) atoms. The van der Waals surface area contributed by atoms with Crippen molar-refractivity contribution in [2.45, 2.75) is 6.54 Å². The van der Waals surface area contributed by atoms with Crippen molar-refractivity contribution < 1.29 is 0 Å². The highest BCUT2D eigenvalue weighted by Gasteiger charge is 2.15. The number of nitrogens with one attached hydrogen (secondary N) is 1. The summed E-state index contributed by atoms with van der Waals surface area (Å²) in [6.07, 6.45) is 0. The third-order valence-electron chi connectivity index (χ3n) is 2.50. The van der Waals surface area contributed by atoms with Gasteiger partial charge < -0.3 is 11.1 Å². The molecule has 0 saturated heterocycles. The maximum Gasteiger partial charge on any atom is 0.131 e. The Kier molecular flexibility index (Phi) is 4.06. The summed E-state index contributed by atoms with van der Waals surface area (Å²) in [7, 11) is 0. The Morgan fingerprint density at radius 3 is 2.74 bits per heavy atom. The van der Waals surface area contributed by atoms with Crippen molar-refractivity contribution in [1.82, 2.24) is 0 Å². The van der Waals surface area contributed by atoms with Crippen molar-refractivity contribution in [2.24, 2.45) is 0 Å². The van der Waals surface area contributed by atoms with E-state index in [0.29, 0.717) is 22.0 Å². The van der Waals surface area contributed by atoms with Gasteiger partial charge in [0.1, 0.15) is 27.6 Å². The van der Waals surface area contributed by atoms with Crippen LogP contribution in [-0.2, 0) is 6.54 Å². The number of nitrogen functional groups attached to an aromatic ring is 1. The fraction of sp³-hybridized carbons (Fsp3) is 0.0769. The lowest BCUT2D eigenvalue weighted by molar-refractivity contribution is 1.16. The minimum absolute atomic E-state index is 0.256. The minimum Gasteiger partial charge on any atom is -0.396 e. The fourth-order valence-corrected chi connectivity index (χ4v) is 2.90. The first kappa shape index (κ1) is 13.4. The molecule has 0 aliphatic rings. The molecule has 1 aromatic carbocycles. The van der Waals surface area contributed by atoms with Crippen LogP contribution < -0.4 is 11.1 Å². The summed E-state index contributed by atoms with van der Waals surface area (Å²) in [6, 6.07) is 11.9. The lowest BCUT2D eigenvalue weighted by Crippen LogP contribution is -1.99. The van der Waals surface area contributed by atoms with Crippen LogP contribution in [0.25, 0.3) is 0 Å². The zero-order valence-electron chi connectivity index (χ0n) is 9.77. The number of hydrogen-bond donors (Lipinski definition) is 2.